The van der Waals surface area contributed by atoms with Gasteiger partial charge in [-0.1, -0.05) is 18.2 Å². The molecule has 1 aromatic carbocycles. The van der Waals surface area contributed by atoms with E-state index in [-0.39, 0.29) is 6.61 Å². The van der Waals surface area contributed by atoms with Crippen LogP contribution < -0.4 is 10.1 Å². The van der Waals surface area contributed by atoms with Gasteiger partial charge in [-0.2, -0.15) is 0 Å². The third-order valence-electron chi connectivity index (χ3n) is 3.10. The smallest absolute Gasteiger partial charge is 0.119 e. The Morgan fingerprint density at radius 1 is 1.37 bits per heavy atom. The number of hydrogen-bond donors (Lipinski definition) is 3. The lowest BCUT2D eigenvalue weighted by atomic mass is 10.0. The predicted octanol–water partition coefficient (Wildman–Crippen LogP) is 0.167. The first-order valence-corrected chi connectivity index (χ1v) is 6.55. The number of benzene rings is 1. The summed E-state index contributed by atoms with van der Waals surface area (Å²) in [6.45, 7) is 1.99. The fourth-order valence-electron chi connectivity index (χ4n) is 1.98. The highest BCUT2D eigenvalue weighted by Crippen LogP contribution is 2.16. The Kier molecular flexibility index (Phi) is 5.15. The van der Waals surface area contributed by atoms with Crippen LogP contribution in [-0.2, 0) is 4.74 Å². The fraction of sp³-hybridized carbons (Fsp3) is 0.571. The fourth-order valence-corrected chi connectivity index (χ4v) is 1.98. The summed E-state index contributed by atoms with van der Waals surface area (Å²) in [4.78, 5) is 0. The van der Waals surface area contributed by atoms with Crippen molar-refractivity contribution in [3.05, 3.63) is 30.3 Å². The lowest BCUT2D eigenvalue weighted by Gasteiger charge is -2.22. The molecule has 1 heterocycles. The Morgan fingerprint density at radius 3 is 2.84 bits per heavy atom. The van der Waals surface area contributed by atoms with Crippen LogP contribution in [0.1, 0.15) is 6.42 Å². The maximum Gasteiger partial charge on any atom is 0.119 e. The summed E-state index contributed by atoms with van der Waals surface area (Å²) in [7, 11) is 0. The van der Waals surface area contributed by atoms with Crippen LogP contribution in [0.25, 0.3) is 0 Å². The molecule has 0 radical (unpaired) electrons. The highest BCUT2D eigenvalue weighted by Gasteiger charge is 2.31. The second-order valence-electron chi connectivity index (χ2n) is 4.94. The molecule has 106 valence electrons. The van der Waals surface area contributed by atoms with E-state index in [9.17, 15) is 10.2 Å². The average molecular weight is 267 g/mol. The molecule has 1 saturated heterocycles. The third-order valence-corrected chi connectivity index (χ3v) is 3.10. The van der Waals surface area contributed by atoms with Gasteiger partial charge in [0.25, 0.3) is 0 Å². The largest absolute Gasteiger partial charge is 0.491 e. The molecule has 3 N–H and O–H groups in total. The van der Waals surface area contributed by atoms with Gasteiger partial charge >= 0.3 is 0 Å². The van der Waals surface area contributed by atoms with Crippen LogP contribution in [0.4, 0.5) is 0 Å². The highest BCUT2D eigenvalue weighted by molar-refractivity contribution is 5.20. The zero-order valence-electron chi connectivity index (χ0n) is 10.9. The predicted molar refractivity (Wildman–Crippen MR) is 71.2 cm³/mol. The summed E-state index contributed by atoms with van der Waals surface area (Å²) < 4.78 is 10.6. The summed E-state index contributed by atoms with van der Waals surface area (Å²) in [5, 5.41) is 22.8. The van der Waals surface area contributed by atoms with Crippen molar-refractivity contribution in [1.29, 1.82) is 0 Å². The SMILES string of the molecule is OC(CNCC1(O)CCOC1)COc1ccccc1. The van der Waals surface area contributed by atoms with Crippen molar-refractivity contribution in [2.24, 2.45) is 0 Å². The first-order chi connectivity index (χ1) is 9.18. The summed E-state index contributed by atoms with van der Waals surface area (Å²) in [5.74, 6) is 0.740. The van der Waals surface area contributed by atoms with Crippen LogP contribution in [0.3, 0.4) is 0 Å². The van der Waals surface area contributed by atoms with Crippen molar-refractivity contribution in [1.82, 2.24) is 5.32 Å². The normalized spacial score (nSPS) is 24.3. The molecule has 2 atom stereocenters. The van der Waals surface area contributed by atoms with E-state index in [4.69, 9.17) is 9.47 Å². The lowest BCUT2D eigenvalue weighted by molar-refractivity contribution is 0.0226. The molecule has 5 nitrogen and oxygen atoms in total. The molecule has 2 rings (SSSR count). The summed E-state index contributed by atoms with van der Waals surface area (Å²) in [5.41, 5.74) is -0.792. The number of nitrogens with one attached hydrogen (secondary N) is 1. The van der Waals surface area contributed by atoms with E-state index in [0.717, 1.165) is 5.75 Å². The maximum atomic E-state index is 10.0. The molecule has 1 aliphatic heterocycles. The molecule has 1 fully saturated rings. The van der Waals surface area contributed by atoms with Crippen molar-refractivity contribution in [3.63, 3.8) is 0 Å². The van der Waals surface area contributed by atoms with E-state index in [2.05, 4.69) is 5.32 Å². The van der Waals surface area contributed by atoms with Crippen LogP contribution >= 0.6 is 0 Å². The first-order valence-electron chi connectivity index (χ1n) is 6.55. The Hall–Kier alpha value is -1.14. The molecule has 0 spiro atoms. The minimum absolute atomic E-state index is 0.228. The standard InChI is InChI=1S/C14H21NO4/c16-12(9-19-13-4-2-1-3-5-13)8-15-10-14(17)6-7-18-11-14/h1-5,12,15-17H,6-11H2. The Bertz CT molecular complexity index is 365. The maximum absolute atomic E-state index is 10.0. The van der Waals surface area contributed by atoms with Crippen LogP contribution in [-0.4, -0.2) is 54.8 Å². The zero-order chi connectivity index (χ0) is 13.6. The Morgan fingerprint density at radius 2 is 2.16 bits per heavy atom. The van der Waals surface area contributed by atoms with Gasteiger partial charge < -0.3 is 25.0 Å². The minimum atomic E-state index is -0.792. The van der Waals surface area contributed by atoms with E-state index < -0.39 is 11.7 Å². The summed E-state index contributed by atoms with van der Waals surface area (Å²) in [6, 6.07) is 9.37. The van der Waals surface area contributed by atoms with Gasteiger partial charge in [-0.3, -0.25) is 0 Å². The van der Waals surface area contributed by atoms with Gasteiger partial charge in [0.1, 0.15) is 24.1 Å². The van der Waals surface area contributed by atoms with Crippen molar-refractivity contribution < 1.29 is 19.7 Å². The molecule has 2 unspecified atom stereocenters. The van der Waals surface area contributed by atoms with Crippen LogP contribution in [0, 0.1) is 0 Å². The molecule has 5 heteroatoms. The van der Waals surface area contributed by atoms with E-state index in [0.29, 0.717) is 32.7 Å². The van der Waals surface area contributed by atoms with Gasteiger partial charge in [0.05, 0.1) is 6.61 Å². The van der Waals surface area contributed by atoms with Crippen LogP contribution in [0.2, 0.25) is 0 Å². The topological polar surface area (TPSA) is 71.0 Å². The molecule has 1 aliphatic rings. The zero-order valence-corrected chi connectivity index (χ0v) is 10.9. The molecule has 0 aliphatic carbocycles. The Balaban J connectivity index is 1.61. The molecule has 0 saturated carbocycles. The molecule has 19 heavy (non-hydrogen) atoms. The lowest BCUT2D eigenvalue weighted by Crippen LogP contribution is -2.44. The molecule has 0 aromatic heterocycles. The van der Waals surface area contributed by atoms with Crippen LogP contribution in [0.15, 0.2) is 30.3 Å². The van der Waals surface area contributed by atoms with E-state index in [1.54, 1.807) is 0 Å². The molecular weight excluding hydrogens is 246 g/mol. The number of rotatable bonds is 7. The van der Waals surface area contributed by atoms with Gasteiger partial charge in [-0.15, -0.1) is 0 Å². The second kappa shape index (κ2) is 6.86. The number of hydrogen-bond acceptors (Lipinski definition) is 5. The van der Waals surface area contributed by atoms with Gasteiger partial charge in [0.2, 0.25) is 0 Å². The minimum Gasteiger partial charge on any atom is -0.491 e. The number of aliphatic hydroxyl groups excluding tert-OH is 1. The van der Waals surface area contributed by atoms with Crippen molar-refractivity contribution in [2.45, 2.75) is 18.1 Å². The monoisotopic (exact) mass is 267 g/mol. The second-order valence-corrected chi connectivity index (χ2v) is 4.94. The number of aliphatic hydroxyl groups is 2. The summed E-state index contributed by atoms with van der Waals surface area (Å²) >= 11 is 0. The first kappa shape index (κ1) is 14.3. The van der Waals surface area contributed by atoms with E-state index in [1.165, 1.54) is 0 Å². The molecule has 1 aromatic rings. The van der Waals surface area contributed by atoms with Gasteiger partial charge in [-0.05, 0) is 12.1 Å². The average Bonchev–Trinajstić information content (AvgIpc) is 2.85. The van der Waals surface area contributed by atoms with Crippen LogP contribution in [0.5, 0.6) is 5.75 Å². The van der Waals surface area contributed by atoms with Crippen molar-refractivity contribution >= 4 is 0 Å². The van der Waals surface area contributed by atoms with Gasteiger partial charge in [0.15, 0.2) is 0 Å². The number of para-hydroxylation sites is 1. The highest BCUT2D eigenvalue weighted by atomic mass is 16.5. The van der Waals surface area contributed by atoms with Gasteiger partial charge in [-0.25, -0.2) is 0 Å². The summed E-state index contributed by atoms with van der Waals surface area (Å²) in [6.07, 6.45) is 0.0301. The van der Waals surface area contributed by atoms with E-state index >= 15 is 0 Å². The molecule has 0 amide bonds. The van der Waals surface area contributed by atoms with Crippen molar-refractivity contribution in [3.8, 4) is 5.75 Å². The number of ether oxygens (including phenoxy) is 2. The van der Waals surface area contributed by atoms with E-state index in [1.807, 2.05) is 30.3 Å². The Labute approximate surface area is 113 Å². The molecule has 0 bridgehead atoms. The van der Waals surface area contributed by atoms with Crippen molar-refractivity contribution in [2.75, 3.05) is 32.9 Å². The third kappa shape index (κ3) is 4.80. The molecular formula is C14H21NO4. The van der Waals surface area contributed by atoms with Gasteiger partial charge in [0, 0.05) is 26.1 Å². The quantitative estimate of drug-likeness (QED) is 0.657.